The molecule has 7 heteroatoms. The standard InChI is InChI=1S/C23H24N6O/c1-16-25-19-14-17(11-12-20(19)29(16)18-8-4-2-5-9-18)23(30)24-15-22-27-26-21-10-6-3-7-13-28(21)22/h2,4-5,8-9,11-12,14H,3,6-7,10,13,15H2,1H3,(H,24,30). The van der Waals surface area contributed by atoms with Crippen molar-refractivity contribution in [2.45, 2.75) is 45.7 Å². The summed E-state index contributed by atoms with van der Waals surface area (Å²) in [6.45, 7) is 3.28. The van der Waals surface area contributed by atoms with Crippen LogP contribution in [0.25, 0.3) is 16.7 Å². The van der Waals surface area contributed by atoms with Crippen molar-refractivity contribution in [1.82, 2.24) is 29.6 Å². The summed E-state index contributed by atoms with van der Waals surface area (Å²) >= 11 is 0. The number of carbonyl (C=O) groups excluding carboxylic acids is 1. The Kier molecular flexibility index (Phi) is 4.78. The molecule has 1 N–H and O–H groups in total. The van der Waals surface area contributed by atoms with Crippen molar-refractivity contribution in [3.63, 3.8) is 0 Å². The molecule has 7 nitrogen and oxygen atoms in total. The summed E-state index contributed by atoms with van der Waals surface area (Å²) in [5.74, 6) is 2.61. The zero-order chi connectivity index (χ0) is 20.5. The number of imidazole rings is 1. The molecule has 2 aromatic heterocycles. The molecule has 4 aromatic rings. The quantitative estimate of drug-likeness (QED) is 0.568. The lowest BCUT2D eigenvalue weighted by molar-refractivity contribution is 0.0949. The van der Waals surface area contributed by atoms with E-state index in [9.17, 15) is 4.79 Å². The third-order valence-electron chi connectivity index (χ3n) is 5.69. The van der Waals surface area contributed by atoms with Crippen LogP contribution < -0.4 is 5.32 Å². The van der Waals surface area contributed by atoms with E-state index in [0.29, 0.717) is 12.1 Å². The van der Waals surface area contributed by atoms with Crippen LogP contribution >= 0.6 is 0 Å². The molecule has 1 aliphatic heterocycles. The van der Waals surface area contributed by atoms with Crippen LogP contribution in [-0.4, -0.2) is 30.2 Å². The van der Waals surface area contributed by atoms with Crippen LogP contribution in [0.5, 0.6) is 0 Å². The highest BCUT2D eigenvalue weighted by Crippen LogP contribution is 2.22. The number of rotatable bonds is 4. The number of para-hydroxylation sites is 1. The average Bonchev–Trinajstić information content (AvgIpc) is 3.21. The number of amides is 1. The lowest BCUT2D eigenvalue weighted by Gasteiger charge is -2.09. The van der Waals surface area contributed by atoms with Crippen molar-refractivity contribution in [2.75, 3.05) is 0 Å². The Balaban J connectivity index is 1.37. The summed E-state index contributed by atoms with van der Waals surface area (Å²) < 4.78 is 4.25. The first-order valence-corrected chi connectivity index (χ1v) is 10.4. The van der Waals surface area contributed by atoms with Crippen molar-refractivity contribution in [3.05, 3.63) is 71.6 Å². The molecule has 0 saturated carbocycles. The van der Waals surface area contributed by atoms with Crippen molar-refractivity contribution in [2.24, 2.45) is 0 Å². The van der Waals surface area contributed by atoms with Crippen LogP contribution in [0.3, 0.4) is 0 Å². The summed E-state index contributed by atoms with van der Waals surface area (Å²) in [7, 11) is 0. The number of benzene rings is 2. The molecule has 30 heavy (non-hydrogen) atoms. The Labute approximate surface area is 174 Å². The van der Waals surface area contributed by atoms with E-state index in [1.54, 1.807) is 0 Å². The summed E-state index contributed by atoms with van der Waals surface area (Å²) in [6, 6.07) is 15.8. The average molecular weight is 400 g/mol. The smallest absolute Gasteiger partial charge is 0.251 e. The molecule has 0 saturated heterocycles. The molecule has 1 aliphatic rings. The second kappa shape index (κ2) is 7.74. The zero-order valence-corrected chi connectivity index (χ0v) is 17.0. The molecule has 0 unspecified atom stereocenters. The van der Waals surface area contributed by atoms with Gasteiger partial charge in [0.15, 0.2) is 5.82 Å². The Hall–Kier alpha value is -3.48. The number of aromatic nitrogens is 5. The van der Waals surface area contributed by atoms with Gasteiger partial charge in [-0.1, -0.05) is 24.6 Å². The van der Waals surface area contributed by atoms with E-state index in [-0.39, 0.29) is 5.91 Å². The topological polar surface area (TPSA) is 77.6 Å². The lowest BCUT2D eigenvalue weighted by atomic mass is 10.2. The summed E-state index contributed by atoms with van der Waals surface area (Å²) in [5, 5.41) is 11.6. The van der Waals surface area contributed by atoms with E-state index >= 15 is 0 Å². The van der Waals surface area contributed by atoms with Crippen LogP contribution in [0.2, 0.25) is 0 Å². The normalized spacial score (nSPS) is 13.8. The molecule has 152 valence electrons. The van der Waals surface area contributed by atoms with Gasteiger partial charge in [0.05, 0.1) is 17.6 Å². The maximum atomic E-state index is 12.8. The van der Waals surface area contributed by atoms with E-state index in [1.165, 1.54) is 6.42 Å². The molecule has 0 spiro atoms. The number of carbonyl (C=O) groups is 1. The molecule has 1 amide bonds. The Morgan fingerprint density at radius 1 is 1.07 bits per heavy atom. The Morgan fingerprint density at radius 3 is 2.80 bits per heavy atom. The fourth-order valence-corrected chi connectivity index (χ4v) is 4.18. The maximum absolute atomic E-state index is 12.8. The monoisotopic (exact) mass is 400 g/mol. The van der Waals surface area contributed by atoms with E-state index < -0.39 is 0 Å². The van der Waals surface area contributed by atoms with Crippen LogP contribution in [0, 0.1) is 6.92 Å². The van der Waals surface area contributed by atoms with Gasteiger partial charge >= 0.3 is 0 Å². The highest BCUT2D eigenvalue weighted by molar-refractivity contribution is 5.97. The largest absolute Gasteiger partial charge is 0.345 e. The Morgan fingerprint density at radius 2 is 1.93 bits per heavy atom. The molecule has 0 fully saturated rings. The predicted molar refractivity (Wildman–Crippen MR) is 115 cm³/mol. The van der Waals surface area contributed by atoms with Gasteiger partial charge in [-0.2, -0.15) is 0 Å². The fraction of sp³-hybridized carbons (Fsp3) is 0.304. The van der Waals surface area contributed by atoms with Gasteiger partial charge in [0.1, 0.15) is 11.6 Å². The molecule has 0 bridgehead atoms. The third kappa shape index (κ3) is 3.36. The number of fused-ring (bicyclic) bond motifs is 2. The van der Waals surface area contributed by atoms with E-state index in [4.69, 9.17) is 0 Å². The van der Waals surface area contributed by atoms with Crippen LogP contribution in [-0.2, 0) is 19.5 Å². The van der Waals surface area contributed by atoms with E-state index in [1.807, 2.05) is 43.3 Å². The third-order valence-corrected chi connectivity index (χ3v) is 5.69. The second-order valence-electron chi connectivity index (χ2n) is 7.71. The molecule has 2 aromatic carbocycles. The summed E-state index contributed by atoms with van der Waals surface area (Å²) in [4.78, 5) is 17.4. The van der Waals surface area contributed by atoms with Crippen LogP contribution in [0.15, 0.2) is 48.5 Å². The first kappa shape index (κ1) is 18.5. The van der Waals surface area contributed by atoms with Gasteiger partial charge in [-0.15, -0.1) is 10.2 Å². The number of hydrogen-bond acceptors (Lipinski definition) is 4. The number of nitrogens with one attached hydrogen (secondary N) is 1. The SMILES string of the molecule is Cc1nc2cc(C(=O)NCc3nnc4n3CCCCC4)ccc2n1-c1ccccc1. The first-order valence-electron chi connectivity index (χ1n) is 10.4. The highest BCUT2D eigenvalue weighted by atomic mass is 16.1. The second-order valence-corrected chi connectivity index (χ2v) is 7.71. The molecule has 0 atom stereocenters. The van der Waals surface area contributed by atoms with Crippen LogP contribution in [0.1, 0.15) is 47.1 Å². The van der Waals surface area contributed by atoms with Gasteiger partial charge in [-0.25, -0.2) is 4.98 Å². The van der Waals surface area contributed by atoms with Gasteiger partial charge in [0.2, 0.25) is 0 Å². The van der Waals surface area contributed by atoms with Crippen molar-refractivity contribution in [3.8, 4) is 5.69 Å². The number of aryl methyl sites for hydroxylation is 2. The molecular weight excluding hydrogens is 376 g/mol. The van der Waals surface area contributed by atoms with Crippen molar-refractivity contribution < 1.29 is 4.79 Å². The molecule has 0 aliphatic carbocycles. The van der Waals surface area contributed by atoms with Gasteiger partial charge in [0, 0.05) is 24.2 Å². The first-order chi connectivity index (χ1) is 14.7. The van der Waals surface area contributed by atoms with Crippen molar-refractivity contribution >= 4 is 16.9 Å². The number of hydrogen-bond donors (Lipinski definition) is 1. The Bertz CT molecular complexity index is 1210. The minimum absolute atomic E-state index is 0.130. The van der Waals surface area contributed by atoms with Gasteiger partial charge in [-0.3, -0.25) is 9.36 Å². The lowest BCUT2D eigenvalue weighted by Crippen LogP contribution is -2.25. The fourth-order valence-electron chi connectivity index (χ4n) is 4.18. The minimum atomic E-state index is -0.130. The van der Waals surface area contributed by atoms with Gasteiger partial charge < -0.3 is 9.88 Å². The summed E-state index contributed by atoms with van der Waals surface area (Å²) in [6.07, 6.45) is 4.46. The van der Waals surface area contributed by atoms with E-state index in [2.05, 4.69) is 41.8 Å². The predicted octanol–water partition coefficient (Wildman–Crippen LogP) is 3.58. The van der Waals surface area contributed by atoms with Gasteiger partial charge in [-0.05, 0) is 50.1 Å². The molecule has 0 radical (unpaired) electrons. The van der Waals surface area contributed by atoms with E-state index in [0.717, 1.165) is 60.0 Å². The molecular formula is C23H24N6O. The number of nitrogens with zero attached hydrogens (tertiary/aromatic N) is 5. The highest BCUT2D eigenvalue weighted by Gasteiger charge is 2.16. The zero-order valence-electron chi connectivity index (χ0n) is 17.0. The minimum Gasteiger partial charge on any atom is -0.345 e. The van der Waals surface area contributed by atoms with Crippen LogP contribution in [0.4, 0.5) is 0 Å². The van der Waals surface area contributed by atoms with Crippen molar-refractivity contribution in [1.29, 1.82) is 0 Å². The molecule has 3 heterocycles. The molecule has 5 rings (SSSR count). The maximum Gasteiger partial charge on any atom is 0.251 e. The summed E-state index contributed by atoms with van der Waals surface area (Å²) in [5.41, 5.74) is 3.44. The van der Waals surface area contributed by atoms with Gasteiger partial charge in [0.25, 0.3) is 5.91 Å².